The Morgan fingerprint density at radius 2 is 1.75 bits per heavy atom. The van der Waals surface area contributed by atoms with Crippen molar-refractivity contribution in [2.75, 3.05) is 16.4 Å². The molecule has 11 heteroatoms. The molecule has 164 valence electrons. The van der Waals surface area contributed by atoms with E-state index in [1.165, 1.54) is 6.07 Å². The number of carbonyl (C=O) groups excluding carboxylic acids is 1. The van der Waals surface area contributed by atoms with E-state index in [4.69, 9.17) is 21.9 Å². The van der Waals surface area contributed by atoms with Crippen LogP contribution >= 0.6 is 11.6 Å². The van der Waals surface area contributed by atoms with Gasteiger partial charge in [0.1, 0.15) is 0 Å². The summed E-state index contributed by atoms with van der Waals surface area (Å²) in [6.45, 7) is 0. The smallest absolute Gasteiger partial charge is 0.403 e. The van der Waals surface area contributed by atoms with Gasteiger partial charge in [0, 0.05) is 16.4 Å². The molecular formula is C21H14ClF3N4O3. The van der Waals surface area contributed by atoms with Crippen LogP contribution < -0.4 is 21.1 Å². The zero-order valence-electron chi connectivity index (χ0n) is 16.0. The number of anilines is 3. The predicted molar refractivity (Wildman–Crippen MR) is 115 cm³/mol. The molecule has 0 fully saturated rings. The Bertz CT molecular complexity index is 1290. The molecule has 7 nitrogen and oxygen atoms in total. The summed E-state index contributed by atoms with van der Waals surface area (Å²) in [5.41, 5.74) is 7.75. The Morgan fingerprint density at radius 1 is 1.03 bits per heavy atom. The molecule has 0 atom stereocenters. The number of halogens is 4. The van der Waals surface area contributed by atoms with Gasteiger partial charge < -0.3 is 25.6 Å². The number of hydrogen-bond acceptors (Lipinski definition) is 5. The molecule has 0 saturated heterocycles. The number of rotatable bonds is 4. The molecule has 0 bridgehead atoms. The Morgan fingerprint density at radius 3 is 2.44 bits per heavy atom. The molecule has 4 aromatic rings. The number of amides is 2. The maximum atomic E-state index is 12.6. The number of hydrogen-bond donors (Lipinski definition) is 3. The lowest BCUT2D eigenvalue weighted by atomic mass is 10.0. The van der Waals surface area contributed by atoms with Crippen molar-refractivity contribution < 1.29 is 27.2 Å². The van der Waals surface area contributed by atoms with Crippen molar-refractivity contribution in [2.24, 2.45) is 0 Å². The molecule has 0 radical (unpaired) electrons. The SMILES string of the molecule is Nc1onc2c(OC(F)(F)F)ccc(-c3ccc(NC(=O)Nc4cccc(Cl)c4)cc3)c12. The molecular weight excluding hydrogens is 449 g/mol. The van der Waals surface area contributed by atoms with Crippen LogP contribution in [0, 0.1) is 0 Å². The first kappa shape index (κ1) is 21.3. The minimum atomic E-state index is -4.89. The fourth-order valence-corrected chi connectivity index (χ4v) is 3.28. The number of ether oxygens (including phenoxy) is 1. The highest BCUT2D eigenvalue weighted by Crippen LogP contribution is 2.39. The fourth-order valence-electron chi connectivity index (χ4n) is 3.09. The second kappa shape index (κ2) is 8.31. The Labute approximate surface area is 183 Å². The highest BCUT2D eigenvalue weighted by Gasteiger charge is 2.33. The van der Waals surface area contributed by atoms with E-state index in [1.54, 1.807) is 48.5 Å². The molecule has 1 aromatic heterocycles. The number of nitrogen functional groups attached to an aromatic ring is 1. The van der Waals surface area contributed by atoms with Gasteiger partial charge in [-0.15, -0.1) is 13.2 Å². The second-order valence-electron chi connectivity index (χ2n) is 6.60. The summed E-state index contributed by atoms with van der Waals surface area (Å²) in [7, 11) is 0. The Hall–Kier alpha value is -3.92. The molecule has 1 heterocycles. The first-order chi connectivity index (χ1) is 15.2. The topological polar surface area (TPSA) is 102 Å². The van der Waals surface area contributed by atoms with E-state index in [-0.39, 0.29) is 16.8 Å². The molecule has 3 aromatic carbocycles. The number of carbonyl (C=O) groups is 1. The Kier molecular flexibility index (Phi) is 5.54. The van der Waals surface area contributed by atoms with Crippen LogP contribution in [0.2, 0.25) is 5.02 Å². The first-order valence-electron chi connectivity index (χ1n) is 9.07. The number of aromatic nitrogens is 1. The lowest BCUT2D eigenvalue weighted by molar-refractivity contribution is -0.274. The van der Waals surface area contributed by atoms with Gasteiger partial charge in [-0.3, -0.25) is 0 Å². The minimum Gasteiger partial charge on any atom is -0.403 e. The maximum Gasteiger partial charge on any atom is 0.573 e. The molecule has 0 spiro atoms. The third-order valence-electron chi connectivity index (χ3n) is 4.38. The number of benzene rings is 3. The molecule has 0 unspecified atom stereocenters. The van der Waals surface area contributed by atoms with Gasteiger partial charge in [-0.2, -0.15) is 0 Å². The summed E-state index contributed by atoms with van der Waals surface area (Å²) in [5, 5.41) is 9.59. The van der Waals surface area contributed by atoms with E-state index in [9.17, 15) is 18.0 Å². The zero-order valence-corrected chi connectivity index (χ0v) is 16.8. The van der Waals surface area contributed by atoms with Crippen LogP contribution in [0.3, 0.4) is 0 Å². The van der Waals surface area contributed by atoms with Gasteiger partial charge in [0.25, 0.3) is 0 Å². The van der Waals surface area contributed by atoms with E-state index < -0.39 is 18.1 Å². The Balaban J connectivity index is 1.56. The van der Waals surface area contributed by atoms with E-state index in [2.05, 4.69) is 20.5 Å². The average Bonchev–Trinajstić information content (AvgIpc) is 3.10. The van der Waals surface area contributed by atoms with Gasteiger partial charge >= 0.3 is 12.4 Å². The minimum absolute atomic E-state index is 0.147. The number of nitrogens with one attached hydrogen (secondary N) is 2. The molecule has 2 amide bonds. The van der Waals surface area contributed by atoms with Crippen molar-refractivity contribution in [1.82, 2.24) is 5.16 Å². The molecule has 4 N–H and O–H groups in total. The number of fused-ring (bicyclic) bond motifs is 1. The molecule has 0 aliphatic carbocycles. The summed E-state index contributed by atoms with van der Waals surface area (Å²) in [6, 6.07) is 15.4. The van der Waals surface area contributed by atoms with Crippen LogP contribution in [0.15, 0.2) is 65.2 Å². The van der Waals surface area contributed by atoms with E-state index in [0.717, 1.165) is 6.07 Å². The van der Waals surface area contributed by atoms with Crippen molar-refractivity contribution in [1.29, 1.82) is 0 Å². The maximum absolute atomic E-state index is 12.6. The predicted octanol–water partition coefficient (Wildman–Crippen LogP) is 6.27. The van der Waals surface area contributed by atoms with Crippen LogP contribution in [0.4, 0.5) is 35.2 Å². The number of alkyl halides is 3. The first-order valence-corrected chi connectivity index (χ1v) is 9.45. The quantitative estimate of drug-likeness (QED) is 0.331. The molecule has 0 aliphatic heterocycles. The molecule has 32 heavy (non-hydrogen) atoms. The molecule has 4 rings (SSSR count). The molecule has 0 aliphatic rings. The van der Waals surface area contributed by atoms with Crippen molar-refractivity contribution in [3.8, 4) is 16.9 Å². The second-order valence-corrected chi connectivity index (χ2v) is 7.03. The van der Waals surface area contributed by atoms with Crippen LogP contribution in [0.25, 0.3) is 22.0 Å². The standard InChI is InChI=1S/C21H14ClF3N4O3/c22-12-2-1-3-14(10-12)28-20(30)27-13-6-4-11(5-7-13)15-8-9-16(31-21(23,24)25)18-17(15)19(26)32-29-18/h1-10H,26H2,(H2,27,28,30). The van der Waals surface area contributed by atoms with Gasteiger partial charge in [0.05, 0.1) is 5.39 Å². The third kappa shape index (κ3) is 4.70. The number of nitrogens with zero attached hydrogens (tertiary/aromatic N) is 1. The molecule has 0 saturated carbocycles. The lowest BCUT2D eigenvalue weighted by Gasteiger charge is -2.11. The summed E-state index contributed by atoms with van der Waals surface area (Å²) >= 11 is 5.89. The average molecular weight is 463 g/mol. The third-order valence-corrected chi connectivity index (χ3v) is 4.62. The van der Waals surface area contributed by atoms with Crippen molar-refractivity contribution in [3.63, 3.8) is 0 Å². The van der Waals surface area contributed by atoms with Crippen molar-refractivity contribution in [2.45, 2.75) is 6.36 Å². The van der Waals surface area contributed by atoms with Gasteiger partial charge in [0.15, 0.2) is 11.3 Å². The van der Waals surface area contributed by atoms with E-state index in [0.29, 0.717) is 27.5 Å². The monoisotopic (exact) mass is 462 g/mol. The van der Waals surface area contributed by atoms with Crippen molar-refractivity contribution >= 4 is 45.8 Å². The highest BCUT2D eigenvalue weighted by molar-refractivity contribution is 6.30. The largest absolute Gasteiger partial charge is 0.573 e. The summed E-state index contributed by atoms with van der Waals surface area (Å²) in [4.78, 5) is 12.2. The van der Waals surface area contributed by atoms with Crippen molar-refractivity contribution in [3.05, 3.63) is 65.7 Å². The van der Waals surface area contributed by atoms with Gasteiger partial charge in [0.2, 0.25) is 5.88 Å². The van der Waals surface area contributed by atoms with Crippen LogP contribution in [-0.4, -0.2) is 17.6 Å². The van der Waals surface area contributed by atoms with E-state index >= 15 is 0 Å². The van der Waals surface area contributed by atoms with Gasteiger partial charge in [-0.1, -0.05) is 35.0 Å². The lowest BCUT2D eigenvalue weighted by Crippen LogP contribution is -2.19. The fraction of sp³-hybridized carbons (Fsp3) is 0.0476. The zero-order chi connectivity index (χ0) is 22.9. The van der Waals surface area contributed by atoms with Crippen LogP contribution in [-0.2, 0) is 0 Å². The summed E-state index contributed by atoms with van der Waals surface area (Å²) in [6.07, 6.45) is -4.89. The van der Waals surface area contributed by atoms with Crippen LogP contribution in [0.1, 0.15) is 0 Å². The normalized spacial score (nSPS) is 11.4. The van der Waals surface area contributed by atoms with Gasteiger partial charge in [-0.25, -0.2) is 4.79 Å². The van der Waals surface area contributed by atoms with Crippen LogP contribution in [0.5, 0.6) is 5.75 Å². The van der Waals surface area contributed by atoms with E-state index in [1.807, 2.05) is 0 Å². The summed E-state index contributed by atoms with van der Waals surface area (Å²) < 4.78 is 46.8. The van der Waals surface area contributed by atoms with Gasteiger partial charge in [-0.05, 0) is 53.6 Å². The number of nitrogens with two attached hydrogens (primary N) is 1. The number of urea groups is 1. The summed E-state index contributed by atoms with van der Waals surface area (Å²) in [5.74, 6) is -0.668. The highest BCUT2D eigenvalue weighted by atomic mass is 35.5.